The zero-order valence-electron chi connectivity index (χ0n) is 17.4. The summed E-state index contributed by atoms with van der Waals surface area (Å²) in [7, 11) is 1.79. The van der Waals surface area contributed by atoms with Gasteiger partial charge in [-0.05, 0) is 44.1 Å². The van der Waals surface area contributed by atoms with Crippen LogP contribution in [0.15, 0.2) is 24.2 Å². The normalized spacial score (nSPS) is 21.7. The number of amides is 2. The van der Waals surface area contributed by atoms with Crippen LogP contribution in [0, 0.1) is 5.41 Å². The molecule has 0 radical (unpaired) electrons. The lowest BCUT2D eigenvalue weighted by Gasteiger charge is -2.34. The average molecular weight is 388 g/mol. The van der Waals surface area contributed by atoms with E-state index in [1.165, 1.54) is 25.7 Å². The number of nitrogens with zero attached hydrogens (tertiary/aromatic N) is 4. The maximum Gasteiger partial charge on any atom is 0.325 e. The first-order chi connectivity index (χ1) is 13.2. The summed E-state index contributed by atoms with van der Waals surface area (Å²) in [6.07, 6.45) is 8.37. The van der Waals surface area contributed by atoms with Crippen LogP contribution in [0.3, 0.4) is 0 Å². The van der Waals surface area contributed by atoms with Crippen molar-refractivity contribution >= 4 is 17.8 Å². The molecule has 4 N–H and O–H groups in total. The highest BCUT2D eigenvalue weighted by molar-refractivity contribution is 5.93. The Bertz CT molecular complexity index is 723. The Hall–Kier alpha value is -2.51. The van der Waals surface area contributed by atoms with Gasteiger partial charge in [-0.25, -0.2) is 9.78 Å². The van der Waals surface area contributed by atoms with E-state index in [2.05, 4.69) is 34.4 Å². The molecule has 2 aliphatic rings. The zero-order chi connectivity index (χ0) is 20.3. The van der Waals surface area contributed by atoms with Crippen molar-refractivity contribution in [1.29, 1.82) is 0 Å². The fraction of sp³-hybridized carbons (Fsp3) is 0.650. The van der Waals surface area contributed by atoms with Crippen LogP contribution in [0.4, 0.5) is 16.6 Å². The lowest BCUT2D eigenvalue weighted by Crippen LogP contribution is -2.34. The molecule has 3 rings (SSSR count). The summed E-state index contributed by atoms with van der Waals surface area (Å²) in [5.41, 5.74) is 7.40. The lowest BCUT2D eigenvalue weighted by molar-refractivity contribution is 0.214. The second-order valence-electron chi connectivity index (χ2n) is 8.71. The number of nitrogens with two attached hydrogens (primary N) is 1. The van der Waals surface area contributed by atoms with Crippen molar-refractivity contribution < 1.29 is 4.79 Å². The molecule has 8 nitrogen and oxygen atoms in total. The minimum absolute atomic E-state index is 0.0445. The third-order valence-electron chi connectivity index (χ3n) is 5.80. The summed E-state index contributed by atoms with van der Waals surface area (Å²) < 4.78 is 0. The topological polar surface area (TPSA) is 99.4 Å². The number of carbonyl (C=O) groups excluding carboxylic acids is 1. The van der Waals surface area contributed by atoms with Crippen LogP contribution in [0.2, 0.25) is 0 Å². The molecule has 1 aromatic heterocycles. The highest BCUT2D eigenvalue weighted by Gasteiger charge is 2.28. The third-order valence-corrected chi connectivity index (χ3v) is 5.80. The van der Waals surface area contributed by atoms with E-state index < -0.39 is 0 Å². The maximum atomic E-state index is 12.2. The van der Waals surface area contributed by atoms with Crippen molar-refractivity contribution in [2.45, 2.75) is 58.5 Å². The smallest absolute Gasteiger partial charge is 0.325 e. The molecule has 0 bridgehead atoms. The predicted octanol–water partition coefficient (Wildman–Crippen LogP) is 2.51. The molecule has 1 saturated heterocycles. The Balaban J connectivity index is 1.56. The monoisotopic (exact) mass is 387 g/mol. The van der Waals surface area contributed by atoms with Gasteiger partial charge in [0, 0.05) is 44.3 Å². The van der Waals surface area contributed by atoms with E-state index >= 15 is 0 Å². The Morgan fingerprint density at radius 1 is 1.36 bits per heavy atom. The number of hydrogen-bond donors (Lipinski definition) is 3. The highest BCUT2D eigenvalue weighted by Crippen LogP contribution is 2.35. The van der Waals surface area contributed by atoms with Gasteiger partial charge >= 0.3 is 6.03 Å². The molecular weight excluding hydrogens is 354 g/mol. The molecule has 1 aromatic rings. The van der Waals surface area contributed by atoms with Crippen LogP contribution in [-0.2, 0) is 0 Å². The van der Waals surface area contributed by atoms with Crippen LogP contribution < -0.4 is 21.3 Å². The maximum absolute atomic E-state index is 12.2. The molecule has 8 heteroatoms. The van der Waals surface area contributed by atoms with Crippen LogP contribution in [0.5, 0.6) is 0 Å². The number of urea groups is 1. The van der Waals surface area contributed by atoms with Gasteiger partial charge in [0.1, 0.15) is 5.82 Å². The highest BCUT2D eigenvalue weighted by atomic mass is 16.2. The SMILES string of the molecule is CC(Nc1nccc(N2CCN(C)C2=O)n1)/C(N)=C/NC1CCC(C)(C)CC1. The number of anilines is 2. The lowest BCUT2D eigenvalue weighted by atomic mass is 9.76. The van der Waals surface area contributed by atoms with Crippen molar-refractivity contribution in [2.75, 3.05) is 30.4 Å². The van der Waals surface area contributed by atoms with E-state index in [1.54, 1.807) is 29.1 Å². The quantitative estimate of drug-likeness (QED) is 0.694. The summed E-state index contributed by atoms with van der Waals surface area (Å²) in [5, 5.41) is 6.69. The summed E-state index contributed by atoms with van der Waals surface area (Å²) in [4.78, 5) is 24.2. The number of rotatable bonds is 6. The summed E-state index contributed by atoms with van der Waals surface area (Å²) in [6, 6.07) is 2.06. The molecule has 1 unspecified atom stereocenters. The van der Waals surface area contributed by atoms with E-state index in [0.29, 0.717) is 42.0 Å². The van der Waals surface area contributed by atoms with Gasteiger partial charge < -0.3 is 21.3 Å². The Morgan fingerprint density at radius 2 is 2.07 bits per heavy atom. The largest absolute Gasteiger partial charge is 0.399 e. The van der Waals surface area contributed by atoms with Crippen molar-refractivity contribution in [3.63, 3.8) is 0 Å². The average Bonchev–Trinajstić information content (AvgIpc) is 2.99. The van der Waals surface area contributed by atoms with E-state index in [1.807, 2.05) is 13.1 Å². The van der Waals surface area contributed by atoms with Gasteiger partial charge in [-0.2, -0.15) is 4.98 Å². The number of aromatic nitrogens is 2. The van der Waals surface area contributed by atoms with Gasteiger partial charge in [0.25, 0.3) is 0 Å². The molecule has 2 heterocycles. The van der Waals surface area contributed by atoms with Crippen molar-refractivity contribution in [2.24, 2.45) is 11.1 Å². The molecule has 1 atom stereocenters. The first kappa shape index (κ1) is 20.2. The number of carbonyl (C=O) groups is 1. The molecule has 1 aliphatic carbocycles. The second kappa shape index (κ2) is 8.24. The molecule has 1 saturated carbocycles. The van der Waals surface area contributed by atoms with Crippen molar-refractivity contribution in [1.82, 2.24) is 20.2 Å². The van der Waals surface area contributed by atoms with Crippen LogP contribution in [0.25, 0.3) is 0 Å². The fourth-order valence-corrected chi connectivity index (χ4v) is 3.61. The molecular formula is C20H33N7O. The molecule has 1 aliphatic heterocycles. The van der Waals surface area contributed by atoms with E-state index in [4.69, 9.17) is 5.73 Å². The zero-order valence-corrected chi connectivity index (χ0v) is 17.4. The summed E-state index contributed by atoms with van der Waals surface area (Å²) in [6.45, 7) is 7.97. The van der Waals surface area contributed by atoms with Crippen LogP contribution in [0.1, 0.15) is 46.5 Å². The molecule has 0 spiro atoms. The van der Waals surface area contributed by atoms with Crippen LogP contribution >= 0.6 is 0 Å². The Kier molecular flexibility index (Phi) is 5.96. The van der Waals surface area contributed by atoms with Crippen LogP contribution in [-0.4, -0.2) is 53.1 Å². The minimum Gasteiger partial charge on any atom is -0.399 e. The van der Waals surface area contributed by atoms with E-state index in [0.717, 1.165) is 0 Å². The first-order valence-electron chi connectivity index (χ1n) is 10.1. The van der Waals surface area contributed by atoms with Crippen molar-refractivity contribution in [3.8, 4) is 0 Å². The van der Waals surface area contributed by atoms with E-state index in [9.17, 15) is 4.79 Å². The number of nitrogens with one attached hydrogen (secondary N) is 2. The fourth-order valence-electron chi connectivity index (χ4n) is 3.61. The Labute approximate surface area is 167 Å². The van der Waals surface area contributed by atoms with E-state index in [-0.39, 0.29) is 12.1 Å². The second-order valence-corrected chi connectivity index (χ2v) is 8.71. The standard InChI is InChI=1S/C20H33N7O/c1-14(16(21)13-23-15-5-8-20(2,3)9-6-15)24-18-22-10-7-17(25-18)27-12-11-26(4)19(27)28/h7,10,13-15,23H,5-6,8-9,11-12,21H2,1-4H3,(H,22,24,25)/b16-13-. The van der Waals surface area contributed by atoms with Gasteiger partial charge in [0.2, 0.25) is 5.95 Å². The minimum atomic E-state index is -0.125. The van der Waals surface area contributed by atoms with Gasteiger partial charge in [0.05, 0.1) is 6.04 Å². The van der Waals surface area contributed by atoms with Gasteiger partial charge in [-0.1, -0.05) is 13.8 Å². The molecule has 2 fully saturated rings. The third kappa shape index (κ3) is 4.85. The predicted molar refractivity (Wildman–Crippen MR) is 112 cm³/mol. The van der Waals surface area contributed by atoms with Crippen molar-refractivity contribution in [3.05, 3.63) is 24.2 Å². The molecule has 0 aromatic carbocycles. The summed E-state index contributed by atoms with van der Waals surface area (Å²) in [5.74, 6) is 1.06. The van der Waals surface area contributed by atoms with Gasteiger partial charge in [-0.15, -0.1) is 0 Å². The molecule has 154 valence electrons. The first-order valence-corrected chi connectivity index (χ1v) is 10.1. The molecule has 28 heavy (non-hydrogen) atoms. The number of likely N-dealkylation sites (N-methyl/N-ethyl adjacent to an activating group) is 1. The number of hydrogen-bond acceptors (Lipinski definition) is 6. The van der Waals surface area contributed by atoms with Gasteiger partial charge in [0.15, 0.2) is 0 Å². The summed E-state index contributed by atoms with van der Waals surface area (Å²) >= 11 is 0. The molecule has 2 amide bonds. The Morgan fingerprint density at radius 3 is 2.71 bits per heavy atom. The van der Waals surface area contributed by atoms with Gasteiger partial charge in [-0.3, -0.25) is 4.90 Å².